The van der Waals surface area contributed by atoms with Crippen LogP contribution >= 0.6 is 11.8 Å². The number of likely N-dealkylation sites (tertiary alicyclic amines) is 1. The van der Waals surface area contributed by atoms with Gasteiger partial charge in [-0.05, 0) is 18.9 Å². The number of rotatable bonds is 2. The Morgan fingerprint density at radius 3 is 2.48 bits per heavy atom. The van der Waals surface area contributed by atoms with Crippen LogP contribution in [0.2, 0.25) is 0 Å². The van der Waals surface area contributed by atoms with Crippen LogP contribution in [0.1, 0.15) is 23.3 Å². The van der Waals surface area contributed by atoms with E-state index in [0.29, 0.717) is 22.5 Å². The summed E-state index contributed by atoms with van der Waals surface area (Å²) in [5.41, 5.74) is 0.0943. The maximum absolute atomic E-state index is 12.9. The Balaban J connectivity index is 1.49. The van der Waals surface area contributed by atoms with Crippen LogP contribution in [0.25, 0.3) is 10.8 Å². The molecule has 4 rings (SSSR count). The van der Waals surface area contributed by atoms with Gasteiger partial charge in [0, 0.05) is 49.1 Å². The predicted octanol–water partition coefficient (Wildman–Crippen LogP) is 1.58. The molecule has 0 spiro atoms. The van der Waals surface area contributed by atoms with Crippen LogP contribution in [0, 0.1) is 0 Å². The molecular weight excluding hydrogens is 336 g/mol. The lowest BCUT2D eigenvalue weighted by Crippen LogP contribution is -2.49. The number of hydrogen-bond acceptors (Lipinski definition) is 5. The predicted molar refractivity (Wildman–Crippen MR) is 100 cm³/mol. The molecule has 7 heteroatoms. The van der Waals surface area contributed by atoms with Crippen LogP contribution in [0.15, 0.2) is 29.1 Å². The molecule has 0 unspecified atom stereocenters. The Morgan fingerprint density at radius 1 is 1.08 bits per heavy atom. The van der Waals surface area contributed by atoms with Crippen molar-refractivity contribution in [1.82, 2.24) is 20.0 Å². The number of aromatic nitrogens is 2. The number of H-pyrrole nitrogens is 1. The van der Waals surface area contributed by atoms with E-state index in [0.717, 1.165) is 39.0 Å². The van der Waals surface area contributed by atoms with Crippen LogP contribution in [0.5, 0.6) is 0 Å². The number of carbonyl (C=O) groups excluding carboxylic acids is 1. The van der Waals surface area contributed by atoms with Crippen LogP contribution in [-0.2, 0) is 0 Å². The Labute approximate surface area is 150 Å². The fourth-order valence-electron chi connectivity index (χ4n) is 3.80. The molecule has 6 nitrogen and oxygen atoms in total. The first-order chi connectivity index (χ1) is 12.2. The van der Waals surface area contributed by atoms with Crippen molar-refractivity contribution in [1.29, 1.82) is 0 Å². The molecule has 0 atom stereocenters. The molecule has 2 aromatic rings. The van der Waals surface area contributed by atoms with Gasteiger partial charge in [-0.2, -0.15) is 16.9 Å². The summed E-state index contributed by atoms with van der Waals surface area (Å²) in [5.74, 6) is 2.35. The van der Waals surface area contributed by atoms with Gasteiger partial charge in [-0.1, -0.05) is 18.2 Å². The molecule has 1 N–H and O–H groups in total. The molecule has 1 amide bonds. The Kier molecular flexibility index (Phi) is 4.76. The monoisotopic (exact) mass is 358 g/mol. The first-order valence-corrected chi connectivity index (χ1v) is 9.98. The SMILES string of the molecule is O=C(c1n[nH]c(=O)c2ccccc12)N1CCC(N2CCSCC2)CC1. The van der Waals surface area contributed by atoms with E-state index in [4.69, 9.17) is 0 Å². The molecule has 0 bridgehead atoms. The molecule has 2 aliphatic heterocycles. The lowest BCUT2D eigenvalue weighted by atomic mass is 10.0. The molecule has 2 fully saturated rings. The number of piperidine rings is 1. The van der Waals surface area contributed by atoms with Gasteiger partial charge < -0.3 is 4.90 Å². The van der Waals surface area contributed by atoms with Gasteiger partial charge in [-0.25, -0.2) is 5.10 Å². The normalized spacial score (nSPS) is 20.1. The third-order valence-electron chi connectivity index (χ3n) is 5.21. The summed E-state index contributed by atoms with van der Waals surface area (Å²) in [6.07, 6.45) is 2.02. The van der Waals surface area contributed by atoms with Gasteiger partial charge in [-0.3, -0.25) is 14.5 Å². The zero-order chi connectivity index (χ0) is 17.2. The highest BCUT2D eigenvalue weighted by Crippen LogP contribution is 2.22. The van der Waals surface area contributed by atoms with Gasteiger partial charge in [-0.15, -0.1) is 0 Å². The van der Waals surface area contributed by atoms with Crippen molar-refractivity contribution in [3.8, 4) is 0 Å². The van der Waals surface area contributed by atoms with E-state index < -0.39 is 0 Å². The van der Waals surface area contributed by atoms with Crippen molar-refractivity contribution < 1.29 is 4.79 Å². The Hall–Kier alpha value is -1.86. The van der Waals surface area contributed by atoms with Crippen molar-refractivity contribution in [3.63, 3.8) is 0 Å². The fourth-order valence-corrected chi connectivity index (χ4v) is 4.74. The molecule has 0 radical (unpaired) electrons. The first-order valence-electron chi connectivity index (χ1n) is 8.82. The van der Waals surface area contributed by atoms with Crippen LogP contribution in [-0.4, -0.2) is 69.6 Å². The van der Waals surface area contributed by atoms with E-state index >= 15 is 0 Å². The highest BCUT2D eigenvalue weighted by Gasteiger charge is 2.29. The summed E-state index contributed by atoms with van der Waals surface area (Å²) in [4.78, 5) is 29.3. The van der Waals surface area contributed by atoms with Gasteiger partial charge in [0.05, 0.1) is 5.39 Å². The minimum absolute atomic E-state index is 0.0832. The number of aromatic amines is 1. The molecular formula is C18H22N4O2S. The van der Waals surface area contributed by atoms with E-state index in [-0.39, 0.29) is 11.5 Å². The standard InChI is InChI=1S/C18H22N4O2S/c23-17-15-4-2-1-3-14(15)16(19-20-17)18(24)22-7-5-13(6-8-22)21-9-11-25-12-10-21/h1-4,13H,5-12H2,(H,20,23). The fraction of sp³-hybridized carbons (Fsp3) is 0.500. The topological polar surface area (TPSA) is 69.3 Å². The molecule has 0 saturated carbocycles. The summed E-state index contributed by atoms with van der Waals surface area (Å²) in [7, 11) is 0. The highest BCUT2D eigenvalue weighted by atomic mass is 32.2. The molecule has 0 aliphatic carbocycles. The number of hydrogen-bond donors (Lipinski definition) is 1. The van der Waals surface area contributed by atoms with E-state index in [2.05, 4.69) is 15.1 Å². The quantitative estimate of drug-likeness (QED) is 0.883. The second-order valence-corrected chi connectivity index (χ2v) is 7.84. The Morgan fingerprint density at radius 2 is 1.76 bits per heavy atom. The van der Waals surface area contributed by atoms with E-state index in [9.17, 15) is 9.59 Å². The average Bonchev–Trinajstić information content (AvgIpc) is 2.69. The summed E-state index contributed by atoms with van der Waals surface area (Å²) < 4.78 is 0. The Bertz CT molecular complexity index is 823. The van der Waals surface area contributed by atoms with Gasteiger partial charge in [0.1, 0.15) is 0 Å². The van der Waals surface area contributed by atoms with Gasteiger partial charge in [0.25, 0.3) is 11.5 Å². The number of benzene rings is 1. The molecule has 1 aromatic heterocycles. The minimum atomic E-state index is -0.256. The molecule has 132 valence electrons. The molecule has 25 heavy (non-hydrogen) atoms. The summed E-state index contributed by atoms with van der Waals surface area (Å²) >= 11 is 2.02. The van der Waals surface area contributed by atoms with E-state index in [1.807, 2.05) is 22.7 Å². The van der Waals surface area contributed by atoms with Crippen LogP contribution in [0.3, 0.4) is 0 Å². The lowest BCUT2D eigenvalue weighted by Gasteiger charge is -2.40. The van der Waals surface area contributed by atoms with Crippen molar-refractivity contribution in [2.75, 3.05) is 37.7 Å². The lowest BCUT2D eigenvalue weighted by molar-refractivity contribution is 0.0626. The summed E-state index contributed by atoms with van der Waals surface area (Å²) in [6, 6.07) is 7.75. The number of nitrogens with one attached hydrogen (secondary N) is 1. The summed E-state index contributed by atoms with van der Waals surface area (Å²) in [5, 5.41) is 7.65. The largest absolute Gasteiger partial charge is 0.337 e. The van der Waals surface area contributed by atoms with Crippen LogP contribution < -0.4 is 5.56 Å². The van der Waals surface area contributed by atoms with Crippen LogP contribution in [0.4, 0.5) is 0 Å². The molecule has 2 aliphatic rings. The molecule has 1 aromatic carbocycles. The first kappa shape index (κ1) is 16.6. The zero-order valence-corrected chi connectivity index (χ0v) is 14.9. The molecule has 2 saturated heterocycles. The highest BCUT2D eigenvalue weighted by molar-refractivity contribution is 7.99. The number of carbonyl (C=O) groups is 1. The number of amides is 1. The summed E-state index contributed by atoms with van der Waals surface area (Å²) in [6.45, 7) is 3.83. The van der Waals surface area contributed by atoms with Crippen molar-refractivity contribution in [2.45, 2.75) is 18.9 Å². The minimum Gasteiger partial charge on any atom is -0.337 e. The average molecular weight is 358 g/mol. The van der Waals surface area contributed by atoms with E-state index in [1.54, 1.807) is 18.2 Å². The third-order valence-corrected chi connectivity index (χ3v) is 6.15. The van der Waals surface area contributed by atoms with E-state index in [1.165, 1.54) is 11.5 Å². The van der Waals surface area contributed by atoms with Gasteiger partial charge in [0.15, 0.2) is 5.69 Å². The van der Waals surface area contributed by atoms with Crippen molar-refractivity contribution >= 4 is 28.4 Å². The maximum Gasteiger partial charge on any atom is 0.274 e. The number of thioether (sulfide) groups is 1. The van der Waals surface area contributed by atoms with Crippen molar-refractivity contribution in [2.24, 2.45) is 0 Å². The van der Waals surface area contributed by atoms with Gasteiger partial charge in [0.2, 0.25) is 0 Å². The molecule has 3 heterocycles. The van der Waals surface area contributed by atoms with Crippen molar-refractivity contribution in [3.05, 3.63) is 40.3 Å². The third kappa shape index (κ3) is 3.30. The smallest absolute Gasteiger partial charge is 0.274 e. The number of nitrogens with zero attached hydrogens (tertiary/aromatic N) is 3. The maximum atomic E-state index is 12.9. The second kappa shape index (κ2) is 7.17. The van der Waals surface area contributed by atoms with Gasteiger partial charge >= 0.3 is 0 Å². The second-order valence-electron chi connectivity index (χ2n) is 6.62. The zero-order valence-electron chi connectivity index (χ0n) is 14.1. The number of fused-ring (bicyclic) bond motifs is 1.